The Balaban J connectivity index is 3.55. The van der Waals surface area contributed by atoms with E-state index in [0.29, 0.717) is 6.42 Å². The number of carbonyl (C=O) groups excluding carboxylic acids is 1. The van der Waals surface area contributed by atoms with E-state index in [1.54, 1.807) is 0 Å². The third-order valence-electron chi connectivity index (χ3n) is 4.50. The fourth-order valence-corrected chi connectivity index (χ4v) is 2.96. The summed E-state index contributed by atoms with van der Waals surface area (Å²) in [5.41, 5.74) is -0.519. The molecule has 0 saturated carbocycles. The van der Waals surface area contributed by atoms with Gasteiger partial charge in [-0.25, -0.2) is 4.79 Å². The first kappa shape index (κ1) is 26.0. The number of hydrogen-bond donors (Lipinski definition) is 2. The minimum Gasteiger partial charge on any atom is -0.444 e. The van der Waals surface area contributed by atoms with Gasteiger partial charge in [0.15, 0.2) is 0 Å². The van der Waals surface area contributed by atoms with Gasteiger partial charge >= 0.3 is 6.09 Å². The van der Waals surface area contributed by atoms with Crippen LogP contribution in [0.1, 0.15) is 111 Å². The van der Waals surface area contributed by atoms with Crippen LogP contribution in [0.4, 0.5) is 4.79 Å². The van der Waals surface area contributed by atoms with Crippen LogP contribution >= 0.6 is 0 Å². The maximum absolute atomic E-state index is 11.7. The van der Waals surface area contributed by atoms with Crippen molar-refractivity contribution in [2.45, 2.75) is 123 Å². The Hall–Kier alpha value is -1.03. The molecule has 0 fully saturated rings. The van der Waals surface area contributed by atoms with Crippen molar-refractivity contribution >= 4 is 6.09 Å². The number of ether oxygens (including phenoxy) is 1. The maximum atomic E-state index is 11.7. The first-order valence-electron chi connectivity index (χ1n) is 11.1. The molecule has 0 bridgehead atoms. The van der Waals surface area contributed by atoms with Crippen molar-refractivity contribution in [3.63, 3.8) is 0 Å². The minimum atomic E-state index is -0.519. The molecule has 0 spiro atoms. The molecule has 0 radical (unpaired) electrons. The molecule has 0 aliphatic heterocycles. The fourth-order valence-electron chi connectivity index (χ4n) is 2.96. The molecule has 0 aliphatic rings. The van der Waals surface area contributed by atoms with Crippen molar-refractivity contribution in [1.29, 1.82) is 0 Å². The quantitative estimate of drug-likeness (QED) is 0.236. The van der Waals surface area contributed by atoms with Crippen molar-refractivity contribution < 1.29 is 14.6 Å². The fraction of sp³-hybridized carbons (Fsp3) is 0.870. The van der Waals surface area contributed by atoms with Crippen molar-refractivity contribution in [2.24, 2.45) is 0 Å². The van der Waals surface area contributed by atoms with E-state index in [0.717, 1.165) is 6.42 Å². The van der Waals surface area contributed by atoms with Gasteiger partial charge in [-0.05, 0) is 40.0 Å². The Morgan fingerprint density at radius 2 is 1.44 bits per heavy atom. The largest absolute Gasteiger partial charge is 0.444 e. The van der Waals surface area contributed by atoms with Crippen molar-refractivity contribution in [2.75, 3.05) is 6.61 Å². The molecule has 0 rings (SSSR count). The Kier molecular flexibility index (Phi) is 16.4. The number of aliphatic hydroxyl groups is 1. The molecule has 0 heterocycles. The Morgan fingerprint density at radius 3 is 1.93 bits per heavy atom. The van der Waals surface area contributed by atoms with Gasteiger partial charge in [-0.2, -0.15) is 0 Å². The lowest BCUT2D eigenvalue weighted by atomic mass is 10.1. The maximum Gasteiger partial charge on any atom is 0.407 e. The number of aliphatic hydroxyl groups excluding tert-OH is 1. The van der Waals surface area contributed by atoms with Crippen LogP contribution in [0.3, 0.4) is 0 Å². The summed E-state index contributed by atoms with van der Waals surface area (Å²) >= 11 is 0. The summed E-state index contributed by atoms with van der Waals surface area (Å²) < 4.78 is 5.21. The molecule has 0 aliphatic carbocycles. The molecule has 1 amide bonds. The average molecular weight is 384 g/mol. The van der Waals surface area contributed by atoms with Crippen LogP contribution in [0.25, 0.3) is 0 Å². The van der Waals surface area contributed by atoms with Gasteiger partial charge < -0.3 is 15.2 Å². The van der Waals surface area contributed by atoms with E-state index in [9.17, 15) is 9.90 Å². The number of rotatable bonds is 16. The molecular weight excluding hydrogens is 338 g/mol. The van der Waals surface area contributed by atoms with Gasteiger partial charge in [0.2, 0.25) is 0 Å². The zero-order chi connectivity index (χ0) is 20.4. The Morgan fingerprint density at radius 1 is 0.926 bits per heavy atom. The topological polar surface area (TPSA) is 58.6 Å². The van der Waals surface area contributed by atoms with Crippen LogP contribution < -0.4 is 5.32 Å². The lowest BCUT2D eigenvalue weighted by Gasteiger charge is -2.22. The second-order valence-corrected chi connectivity index (χ2v) is 8.56. The third kappa shape index (κ3) is 19.5. The summed E-state index contributed by atoms with van der Waals surface area (Å²) in [5.74, 6) is 0. The van der Waals surface area contributed by atoms with E-state index >= 15 is 0 Å². The second kappa shape index (κ2) is 17.1. The SMILES string of the molecule is CCCCCCCCCCCCC/C=C/C[C@H](CO)NC(=O)OC(C)(C)C. The highest BCUT2D eigenvalue weighted by Gasteiger charge is 2.18. The van der Waals surface area contributed by atoms with Gasteiger partial charge in [0.05, 0.1) is 12.6 Å². The average Bonchev–Trinajstić information content (AvgIpc) is 2.59. The highest BCUT2D eigenvalue weighted by atomic mass is 16.6. The van der Waals surface area contributed by atoms with Crippen LogP contribution in [0.5, 0.6) is 0 Å². The highest BCUT2D eigenvalue weighted by Crippen LogP contribution is 2.12. The summed E-state index contributed by atoms with van der Waals surface area (Å²) in [6, 6.07) is -0.284. The van der Waals surface area contributed by atoms with E-state index < -0.39 is 11.7 Å². The molecule has 0 aromatic rings. The molecule has 0 unspecified atom stereocenters. The van der Waals surface area contributed by atoms with Crippen LogP contribution in [0, 0.1) is 0 Å². The number of amides is 1. The number of nitrogens with one attached hydrogen (secondary N) is 1. The molecule has 27 heavy (non-hydrogen) atoms. The molecule has 4 nitrogen and oxygen atoms in total. The second-order valence-electron chi connectivity index (χ2n) is 8.56. The molecule has 0 saturated heterocycles. The van der Waals surface area contributed by atoms with Crippen LogP contribution in [-0.2, 0) is 4.74 Å². The Bertz CT molecular complexity index is 374. The van der Waals surface area contributed by atoms with E-state index in [1.807, 2.05) is 20.8 Å². The molecule has 0 aromatic carbocycles. The van der Waals surface area contributed by atoms with Crippen LogP contribution in [0.15, 0.2) is 12.2 Å². The van der Waals surface area contributed by atoms with E-state index in [1.165, 1.54) is 70.6 Å². The minimum absolute atomic E-state index is 0.0813. The van der Waals surface area contributed by atoms with E-state index in [-0.39, 0.29) is 12.6 Å². The van der Waals surface area contributed by atoms with Crippen LogP contribution in [0.2, 0.25) is 0 Å². The van der Waals surface area contributed by atoms with Crippen molar-refractivity contribution in [3.05, 3.63) is 12.2 Å². The van der Waals surface area contributed by atoms with Gasteiger partial charge in [0, 0.05) is 0 Å². The molecule has 4 heteroatoms. The number of hydrogen-bond acceptors (Lipinski definition) is 3. The van der Waals surface area contributed by atoms with Gasteiger partial charge in [-0.3, -0.25) is 0 Å². The third-order valence-corrected chi connectivity index (χ3v) is 4.50. The molecule has 0 aromatic heterocycles. The number of allylic oxidation sites excluding steroid dienone is 1. The smallest absolute Gasteiger partial charge is 0.407 e. The zero-order valence-corrected chi connectivity index (χ0v) is 18.4. The lowest BCUT2D eigenvalue weighted by molar-refractivity contribution is 0.0483. The first-order valence-corrected chi connectivity index (χ1v) is 11.1. The number of carbonyl (C=O) groups is 1. The summed E-state index contributed by atoms with van der Waals surface area (Å²) in [5, 5.41) is 12.1. The predicted molar refractivity (Wildman–Crippen MR) is 115 cm³/mol. The van der Waals surface area contributed by atoms with E-state index in [4.69, 9.17) is 4.74 Å². The Labute approximate surface area is 168 Å². The van der Waals surface area contributed by atoms with Crippen molar-refractivity contribution in [1.82, 2.24) is 5.32 Å². The zero-order valence-electron chi connectivity index (χ0n) is 18.4. The standard InChI is InChI=1S/C23H45NO3/c1-5-6-7-8-9-10-11-12-13-14-15-16-17-18-19-21(20-25)24-22(26)27-23(2,3)4/h17-18,21,25H,5-16,19-20H2,1-4H3,(H,24,26)/b18-17+/t21-/m1/s1. The summed E-state index contributed by atoms with van der Waals surface area (Å²) in [7, 11) is 0. The number of alkyl carbamates (subject to hydrolysis) is 1. The van der Waals surface area contributed by atoms with Crippen LogP contribution in [-0.4, -0.2) is 29.4 Å². The van der Waals surface area contributed by atoms with Gasteiger partial charge in [0.25, 0.3) is 0 Å². The monoisotopic (exact) mass is 383 g/mol. The summed E-state index contributed by atoms with van der Waals surface area (Å²) in [6.45, 7) is 7.67. The lowest BCUT2D eigenvalue weighted by Crippen LogP contribution is -2.40. The van der Waals surface area contributed by atoms with Gasteiger partial charge in [-0.1, -0.05) is 83.3 Å². The summed E-state index contributed by atoms with van der Waals surface area (Å²) in [6.07, 6.45) is 20.4. The molecule has 2 N–H and O–H groups in total. The highest BCUT2D eigenvalue weighted by molar-refractivity contribution is 5.68. The predicted octanol–water partition coefficient (Wildman–Crippen LogP) is 6.52. The van der Waals surface area contributed by atoms with Gasteiger partial charge in [-0.15, -0.1) is 0 Å². The molecule has 160 valence electrons. The first-order chi connectivity index (χ1) is 12.9. The van der Waals surface area contributed by atoms with E-state index in [2.05, 4.69) is 24.4 Å². The van der Waals surface area contributed by atoms with Gasteiger partial charge in [0.1, 0.15) is 5.60 Å². The normalized spacial score (nSPS) is 13.1. The molecule has 1 atom stereocenters. The molecular formula is C23H45NO3. The summed E-state index contributed by atoms with van der Waals surface area (Å²) in [4.78, 5) is 11.7. The number of unbranched alkanes of at least 4 members (excludes halogenated alkanes) is 11. The van der Waals surface area contributed by atoms with Crippen molar-refractivity contribution in [3.8, 4) is 0 Å².